The number of anilines is 1. The fourth-order valence-corrected chi connectivity index (χ4v) is 3.95. The van der Waals surface area contributed by atoms with Gasteiger partial charge in [-0.2, -0.15) is 0 Å². The Bertz CT molecular complexity index is 852. The lowest BCUT2D eigenvalue weighted by Gasteiger charge is -2.39. The number of aliphatic imine (C=N–C) groups is 1. The van der Waals surface area contributed by atoms with Crippen LogP contribution in [0.15, 0.2) is 48.0 Å². The number of aromatic nitrogens is 2. The molecule has 0 aliphatic carbocycles. The molecule has 31 heavy (non-hydrogen) atoms. The standard InChI is InChI=1S/C23H34N6O.HI/c1-17(2)12-22(30)27-20-7-5-6-19(13-20)14-26-23(24-4)28-10-8-18(3)21(15-28)29-11-9-25-16-29;/h5-7,9,11,13,16-18,21H,8,10,12,14-15H2,1-4H3,(H,24,26)(H,27,30);1H. The number of nitrogens with zero attached hydrogens (tertiary/aromatic N) is 4. The van der Waals surface area contributed by atoms with Crippen molar-refractivity contribution >= 4 is 41.5 Å². The van der Waals surface area contributed by atoms with Gasteiger partial charge in [0, 0.05) is 51.2 Å². The molecule has 0 radical (unpaired) electrons. The van der Waals surface area contributed by atoms with Gasteiger partial charge in [-0.1, -0.05) is 32.9 Å². The van der Waals surface area contributed by atoms with Gasteiger partial charge in [0.2, 0.25) is 5.91 Å². The summed E-state index contributed by atoms with van der Waals surface area (Å²) in [6, 6.07) is 8.37. The average molecular weight is 538 g/mol. The predicted octanol–water partition coefficient (Wildman–Crippen LogP) is 4.14. The number of rotatable bonds is 6. The maximum absolute atomic E-state index is 12.0. The van der Waals surface area contributed by atoms with Gasteiger partial charge in [0.25, 0.3) is 0 Å². The Morgan fingerprint density at radius 3 is 2.84 bits per heavy atom. The Morgan fingerprint density at radius 1 is 1.35 bits per heavy atom. The fraction of sp³-hybridized carbons (Fsp3) is 0.522. The molecule has 2 aromatic rings. The van der Waals surface area contributed by atoms with Gasteiger partial charge in [-0.15, -0.1) is 24.0 Å². The minimum absolute atomic E-state index is 0. The highest BCUT2D eigenvalue weighted by Gasteiger charge is 2.28. The first kappa shape index (κ1) is 25.2. The Morgan fingerprint density at radius 2 is 2.16 bits per heavy atom. The molecule has 3 rings (SSSR count). The average Bonchev–Trinajstić information content (AvgIpc) is 3.23. The molecule has 2 atom stereocenters. The molecule has 1 saturated heterocycles. The number of amides is 1. The zero-order chi connectivity index (χ0) is 21.5. The fourth-order valence-electron chi connectivity index (χ4n) is 3.95. The number of likely N-dealkylation sites (tertiary alicyclic amines) is 1. The van der Waals surface area contributed by atoms with E-state index in [4.69, 9.17) is 0 Å². The summed E-state index contributed by atoms with van der Waals surface area (Å²) in [5.41, 5.74) is 1.94. The van der Waals surface area contributed by atoms with Crippen molar-refractivity contribution in [2.75, 3.05) is 25.5 Å². The molecule has 8 heteroatoms. The van der Waals surface area contributed by atoms with Crippen molar-refractivity contribution in [3.05, 3.63) is 48.5 Å². The molecule has 1 fully saturated rings. The third-order valence-electron chi connectivity index (χ3n) is 5.59. The second-order valence-electron chi connectivity index (χ2n) is 8.54. The molecule has 0 spiro atoms. The highest BCUT2D eigenvalue weighted by atomic mass is 127. The molecule has 1 aliphatic heterocycles. The zero-order valence-electron chi connectivity index (χ0n) is 18.9. The van der Waals surface area contributed by atoms with Gasteiger partial charge in [-0.25, -0.2) is 4.98 Å². The molecule has 1 aromatic carbocycles. The van der Waals surface area contributed by atoms with Crippen LogP contribution < -0.4 is 10.6 Å². The van der Waals surface area contributed by atoms with E-state index in [0.29, 0.717) is 30.8 Å². The van der Waals surface area contributed by atoms with Crippen LogP contribution in [0.5, 0.6) is 0 Å². The molecule has 1 aromatic heterocycles. The molecule has 0 bridgehead atoms. The molecule has 7 nitrogen and oxygen atoms in total. The van der Waals surface area contributed by atoms with E-state index in [1.54, 1.807) is 0 Å². The van der Waals surface area contributed by atoms with Gasteiger partial charge in [0.15, 0.2) is 5.96 Å². The summed E-state index contributed by atoms with van der Waals surface area (Å²) in [5, 5.41) is 6.48. The molecule has 2 unspecified atom stereocenters. The predicted molar refractivity (Wildman–Crippen MR) is 137 cm³/mol. The van der Waals surface area contributed by atoms with Gasteiger partial charge in [0.05, 0.1) is 12.4 Å². The zero-order valence-corrected chi connectivity index (χ0v) is 21.2. The molecule has 1 amide bonds. The van der Waals surface area contributed by atoms with Crippen LogP contribution >= 0.6 is 24.0 Å². The van der Waals surface area contributed by atoms with Crippen molar-refractivity contribution in [2.45, 2.75) is 46.2 Å². The number of halogens is 1. The van der Waals surface area contributed by atoms with Crippen LogP contribution in [0.4, 0.5) is 5.69 Å². The molecule has 2 heterocycles. The minimum atomic E-state index is 0. The first-order valence-electron chi connectivity index (χ1n) is 10.8. The van der Waals surface area contributed by atoms with Gasteiger partial charge in [-0.3, -0.25) is 9.79 Å². The number of benzene rings is 1. The van der Waals surface area contributed by atoms with E-state index >= 15 is 0 Å². The first-order valence-corrected chi connectivity index (χ1v) is 10.8. The van der Waals surface area contributed by atoms with Crippen molar-refractivity contribution < 1.29 is 4.79 Å². The molecular formula is C23H35IN6O. The maximum Gasteiger partial charge on any atom is 0.224 e. The normalized spacial score (nSPS) is 19.1. The van der Waals surface area contributed by atoms with E-state index in [9.17, 15) is 4.79 Å². The smallest absolute Gasteiger partial charge is 0.224 e. The van der Waals surface area contributed by atoms with Crippen molar-refractivity contribution in [1.82, 2.24) is 19.8 Å². The second kappa shape index (κ2) is 12.1. The number of carbonyl (C=O) groups excluding carboxylic acids is 1. The Labute approximate surface area is 202 Å². The number of guanidine groups is 1. The van der Waals surface area contributed by atoms with Crippen LogP contribution in [-0.2, 0) is 11.3 Å². The number of piperidine rings is 1. The van der Waals surface area contributed by atoms with Crippen LogP contribution in [0, 0.1) is 11.8 Å². The molecule has 170 valence electrons. The third kappa shape index (κ3) is 7.22. The minimum Gasteiger partial charge on any atom is -0.352 e. The molecular weight excluding hydrogens is 503 g/mol. The summed E-state index contributed by atoms with van der Waals surface area (Å²) < 4.78 is 2.20. The van der Waals surface area contributed by atoms with Gasteiger partial charge >= 0.3 is 0 Å². The third-order valence-corrected chi connectivity index (χ3v) is 5.59. The monoisotopic (exact) mass is 538 g/mol. The van der Waals surface area contributed by atoms with Crippen LogP contribution in [-0.4, -0.2) is 46.5 Å². The van der Waals surface area contributed by atoms with Crippen molar-refractivity contribution in [2.24, 2.45) is 16.8 Å². The number of hydrogen-bond acceptors (Lipinski definition) is 3. The number of imidazole rings is 1. The lowest BCUT2D eigenvalue weighted by Crippen LogP contribution is -2.48. The van der Waals surface area contributed by atoms with E-state index in [1.165, 1.54) is 0 Å². The molecule has 1 aliphatic rings. The van der Waals surface area contributed by atoms with E-state index in [0.717, 1.165) is 36.7 Å². The lowest BCUT2D eigenvalue weighted by molar-refractivity contribution is -0.116. The number of carbonyl (C=O) groups is 1. The Kier molecular flexibility index (Phi) is 9.80. The van der Waals surface area contributed by atoms with E-state index in [1.807, 2.05) is 57.8 Å². The molecule has 2 N–H and O–H groups in total. The van der Waals surface area contributed by atoms with E-state index < -0.39 is 0 Å². The van der Waals surface area contributed by atoms with E-state index in [-0.39, 0.29) is 29.9 Å². The number of nitrogens with one attached hydrogen (secondary N) is 2. The second-order valence-corrected chi connectivity index (χ2v) is 8.54. The summed E-state index contributed by atoms with van der Waals surface area (Å²) in [4.78, 5) is 23.1. The largest absolute Gasteiger partial charge is 0.352 e. The van der Waals surface area contributed by atoms with Crippen molar-refractivity contribution in [3.8, 4) is 0 Å². The van der Waals surface area contributed by atoms with Gasteiger partial charge in [0.1, 0.15) is 0 Å². The summed E-state index contributed by atoms with van der Waals surface area (Å²) in [6.07, 6.45) is 7.42. The Hall–Kier alpha value is -2.10. The highest BCUT2D eigenvalue weighted by Crippen LogP contribution is 2.27. The van der Waals surface area contributed by atoms with Crippen LogP contribution in [0.2, 0.25) is 0 Å². The first-order chi connectivity index (χ1) is 14.5. The summed E-state index contributed by atoms with van der Waals surface area (Å²) in [6.45, 7) is 8.94. The van der Waals surface area contributed by atoms with Gasteiger partial charge < -0.3 is 20.1 Å². The Balaban J connectivity index is 0.00000341. The highest BCUT2D eigenvalue weighted by molar-refractivity contribution is 14.0. The van der Waals surface area contributed by atoms with Crippen LogP contribution in [0.25, 0.3) is 0 Å². The molecule has 0 saturated carbocycles. The summed E-state index contributed by atoms with van der Waals surface area (Å²) in [5.74, 6) is 1.90. The number of hydrogen-bond donors (Lipinski definition) is 2. The van der Waals surface area contributed by atoms with Crippen molar-refractivity contribution in [1.29, 1.82) is 0 Å². The summed E-state index contributed by atoms with van der Waals surface area (Å²) >= 11 is 0. The van der Waals surface area contributed by atoms with E-state index in [2.05, 4.69) is 43.1 Å². The topological polar surface area (TPSA) is 74.6 Å². The maximum atomic E-state index is 12.0. The van der Waals surface area contributed by atoms with Gasteiger partial charge in [-0.05, 0) is 36.0 Å². The summed E-state index contributed by atoms with van der Waals surface area (Å²) in [7, 11) is 1.83. The van der Waals surface area contributed by atoms with Crippen LogP contribution in [0.3, 0.4) is 0 Å². The van der Waals surface area contributed by atoms with Crippen molar-refractivity contribution in [3.63, 3.8) is 0 Å². The lowest BCUT2D eigenvalue weighted by atomic mass is 9.93. The van der Waals surface area contributed by atoms with Crippen LogP contribution in [0.1, 0.15) is 45.2 Å². The SMILES string of the molecule is CN=C(NCc1cccc(NC(=O)CC(C)C)c1)N1CCC(C)C(n2ccnc2)C1.I. The quantitative estimate of drug-likeness (QED) is 0.330.